The number of carbonyl (C=O) groups is 1. The fourth-order valence-electron chi connectivity index (χ4n) is 2.03. The van der Waals surface area contributed by atoms with Crippen LogP contribution in [-0.4, -0.2) is 16.0 Å². The van der Waals surface area contributed by atoms with E-state index in [1.165, 1.54) is 6.07 Å². The van der Waals surface area contributed by atoms with E-state index in [9.17, 15) is 9.59 Å². The van der Waals surface area contributed by atoms with E-state index in [4.69, 9.17) is 0 Å². The van der Waals surface area contributed by atoms with Crippen molar-refractivity contribution in [3.63, 3.8) is 0 Å². The molecular weight excluding hydrogens is 320 g/mol. The second kappa shape index (κ2) is 5.40. The number of halogens is 1. The van der Waals surface area contributed by atoms with Crippen molar-refractivity contribution in [1.82, 2.24) is 9.88 Å². The van der Waals surface area contributed by atoms with Crippen LogP contribution < -0.4 is 10.7 Å². The maximum atomic E-state index is 12.0. The summed E-state index contributed by atoms with van der Waals surface area (Å²) in [6, 6.07) is 6.96. The largest absolute Gasteiger partial charge is 0.350 e. The Kier molecular flexibility index (Phi) is 3.99. The molecule has 0 saturated heterocycles. The van der Waals surface area contributed by atoms with Gasteiger partial charge in [0.05, 0.1) is 5.52 Å². The number of hydrogen-bond acceptors (Lipinski definition) is 2. The number of nitrogens with one attached hydrogen (secondary N) is 1. The number of pyridine rings is 1. The molecule has 1 heterocycles. The molecular formula is C15H17BrN2O2. The third-order valence-electron chi connectivity index (χ3n) is 2.77. The minimum atomic E-state index is -0.269. The standard InChI is InChI=1S/C15H17BrN2O2/c1-15(2,3)17-14(20)9-18-7-6-13(19)11-8-10(16)4-5-12(11)18/h4-8H,9H2,1-3H3,(H,17,20). The van der Waals surface area contributed by atoms with Crippen LogP contribution in [0.15, 0.2) is 39.7 Å². The molecule has 0 unspecified atom stereocenters. The predicted octanol–water partition coefficient (Wildman–Crippen LogP) is 2.68. The molecule has 106 valence electrons. The van der Waals surface area contributed by atoms with Crippen LogP contribution in [0.5, 0.6) is 0 Å². The zero-order valence-electron chi connectivity index (χ0n) is 11.7. The van der Waals surface area contributed by atoms with E-state index in [1.54, 1.807) is 16.8 Å². The molecule has 0 bridgehead atoms. The summed E-state index contributed by atoms with van der Waals surface area (Å²) in [7, 11) is 0. The van der Waals surface area contributed by atoms with Crippen molar-refractivity contribution in [1.29, 1.82) is 0 Å². The quantitative estimate of drug-likeness (QED) is 0.916. The Labute approximate surface area is 125 Å². The smallest absolute Gasteiger partial charge is 0.240 e. The Morgan fingerprint density at radius 1 is 1.30 bits per heavy atom. The number of amides is 1. The predicted molar refractivity (Wildman–Crippen MR) is 83.8 cm³/mol. The van der Waals surface area contributed by atoms with Crippen molar-refractivity contribution in [3.8, 4) is 0 Å². The van der Waals surface area contributed by atoms with Crippen molar-refractivity contribution in [2.45, 2.75) is 32.9 Å². The minimum absolute atomic E-state index is 0.0474. The van der Waals surface area contributed by atoms with Gasteiger partial charge in [-0.1, -0.05) is 15.9 Å². The highest BCUT2D eigenvalue weighted by Gasteiger charge is 2.14. The molecule has 0 atom stereocenters. The van der Waals surface area contributed by atoms with Gasteiger partial charge in [0.25, 0.3) is 0 Å². The van der Waals surface area contributed by atoms with E-state index in [0.29, 0.717) is 5.39 Å². The van der Waals surface area contributed by atoms with Crippen LogP contribution in [0, 0.1) is 0 Å². The highest BCUT2D eigenvalue weighted by Crippen LogP contribution is 2.17. The van der Waals surface area contributed by atoms with Crippen molar-refractivity contribution >= 4 is 32.7 Å². The molecule has 0 spiro atoms. The van der Waals surface area contributed by atoms with Crippen molar-refractivity contribution < 1.29 is 4.79 Å². The summed E-state index contributed by atoms with van der Waals surface area (Å²) in [5.74, 6) is -0.0784. The van der Waals surface area contributed by atoms with Crippen molar-refractivity contribution in [3.05, 3.63) is 45.2 Å². The highest BCUT2D eigenvalue weighted by molar-refractivity contribution is 9.10. The van der Waals surface area contributed by atoms with E-state index in [0.717, 1.165) is 9.99 Å². The Morgan fingerprint density at radius 2 is 2.00 bits per heavy atom. The Balaban J connectivity index is 2.39. The number of aromatic nitrogens is 1. The van der Waals surface area contributed by atoms with Gasteiger partial charge in [0.1, 0.15) is 6.54 Å². The maximum Gasteiger partial charge on any atom is 0.240 e. The van der Waals surface area contributed by atoms with Gasteiger partial charge in [-0.15, -0.1) is 0 Å². The first-order chi connectivity index (χ1) is 9.26. The third kappa shape index (κ3) is 3.48. The van der Waals surface area contributed by atoms with Gasteiger partial charge in [0.15, 0.2) is 5.43 Å². The number of hydrogen-bond donors (Lipinski definition) is 1. The van der Waals surface area contributed by atoms with Crippen LogP contribution in [-0.2, 0) is 11.3 Å². The molecule has 1 aromatic carbocycles. The molecule has 0 radical (unpaired) electrons. The summed E-state index contributed by atoms with van der Waals surface area (Å²) in [5, 5.41) is 3.51. The molecule has 2 rings (SSSR count). The first kappa shape index (κ1) is 14.8. The SMILES string of the molecule is CC(C)(C)NC(=O)Cn1ccc(=O)c2cc(Br)ccc21. The molecule has 0 aliphatic rings. The molecule has 0 aliphatic heterocycles. The lowest BCUT2D eigenvalue weighted by molar-refractivity contribution is -0.123. The number of nitrogens with zero attached hydrogens (tertiary/aromatic N) is 1. The van der Waals surface area contributed by atoms with E-state index in [2.05, 4.69) is 21.2 Å². The molecule has 0 saturated carbocycles. The fraction of sp³-hybridized carbons (Fsp3) is 0.333. The Bertz CT molecular complexity index is 714. The molecule has 2 aromatic rings. The number of fused-ring (bicyclic) bond motifs is 1. The molecule has 1 amide bonds. The second-order valence-electron chi connectivity index (χ2n) is 5.77. The van der Waals surface area contributed by atoms with E-state index in [-0.39, 0.29) is 23.4 Å². The van der Waals surface area contributed by atoms with E-state index in [1.807, 2.05) is 32.9 Å². The molecule has 20 heavy (non-hydrogen) atoms. The Morgan fingerprint density at radius 3 is 2.65 bits per heavy atom. The zero-order valence-corrected chi connectivity index (χ0v) is 13.3. The lowest BCUT2D eigenvalue weighted by atomic mass is 10.1. The summed E-state index contributed by atoms with van der Waals surface area (Å²) in [6.45, 7) is 6.00. The van der Waals surface area contributed by atoms with Crippen LogP contribution in [0.4, 0.5) is 0 Å². The van der Waals surface area contributed by atoms with Gasteiger partial charge in [-0.3, -0.25) is 9.59 Å². The zero-order chi connectivity index (χ0) is 14.9. The van der Waals surface area contributed by atoms with Crippen molar-refractivity contribution in [2.24, 2.45) is 0 Å². The normalized spacial score (nSPS) is 11.6. The van der Waals surface area contributed by atoms with Gasteiger partial charge >= 0.3 is 0 Å². The second-order valence-corrected chi connectivity index (χ2v) is 6.68. The van der Waals surface area contributed by atoms with Crippen LogP contribution in [0.25, 0.3) is 10.9 Å². The van der Waals surface area contributed by atoms with Gasteiger partial charge in [0, 0.05) is 27.7 Å². The minimum Gasteiger partial charge on any atom is -0.350 e. The van der Waals surface area contributed by atoms with Gasteiger partial charge in [-0.05, 0) is 39.0 Å². The number of carbonyl (C=O) groups excluding carboxylic acids is 1. The lowest BCUT2D eigenvalue weighted by Gasteiger charge is -2.21. The summed E-state index contributed by atoms with van der Waals surface area (Å²) in [6.07, 6.45) is 1.65. The molecule has 1 aromatic heterocycles. The van der Waals surface area contributed by atoms with Crippen LogP contribution in [0.2, 0.25) is 0 Å². The summed E-state index contributed by atoms with van der Waals surface area (Å²) in [5.41, 5.74) is 0.438. The number of benzene rings is 1. The van der Waals surface area contributed by atoms with E-state index < -0.39 is 0 Å². The molecule has 4 nitrogen and oxygen atoms in total. The van der Waals surface area contributed by atoms with Gasteiger partial charge in [0.2, 0.25) is 5.91 Å². The van der Waals surface area contributed by atoms with Gasteiger partial charge in [-0.25, -0.2) is 0 Å². The molecule has 5 heteroatoms. The van der Waals surface area contributed by atoms with Gasteiger partial charge in [-0.2, -0.15) is 0 Å². The first-order valence-electron chi connectivity index (χ1n) is 6.36. The third-order valence-corrected chi connectivity index (χ3v) is 3.26. The molecule has 1 N–H and O–H groups in total. The lowest BCUT2D eigenvalue weighted by Crippen LogP contribution is -2.42. The average molecular weight is 337 g/mol. The van der Waals surface area contributed by atoms with Crippen LogP contribution in [0.1, 0.15) is 20.8 Å². The highest BCUT2D eigenvalue weighted by atomic mass is 79.9. The van der Waals surface area contributed by atoms with Crippen LogP contribution in [0.3, 0.4) is 0 Å². The first-order valence-corrected chi connectivity index (χ1v) is 7.15. The summed E-state index contributed by atoms with van der Waals surface area (Å²) < 4.78 is 2.63. The van der Waals surface area contributed by atoms with Crippen molar-refractivity contribution in [2.75, 3.05) is 0 Å². The van der Waals surface area contributed by atoms with Gasteiger partial charge < -0.3 is 9.88 Å². The average Bonchev–Trinajstić information content (AvgIpc) is 2.30. The van der Waals surface area contributed by atoms with Crippen LogP contribution >= 0.6 is 15.9 Å². The topological polar surface area (TPSA) is 51.1 Å². The van der Waals surface area contributed by atoms with E-state index >= 15 is 0 Å². The molecule has 0 fully saturated rings. The fourth-order valence-corrected chi connectivity index (χ4v) is 2.40. The number of rotatable bonds is 2. The maximum absolute atomic E-state index is 12.0. The molecule has 0 aliphatic carbocycles. The monoisotopic (exact) mass is 336 g/mol. The summed E-state index contributed by atoms with van der Waals surface area (Å²) in [4.78, 5) is 23.9. The Hall–Kier alpha value is -1.62. The summed E-state index contributed by atoms with van der Waals surface area (Å²) >= 11 is 3.35.